The molecule has 1 aromatic heterocycles. The molecule has 1 heterocycles. The molecular formula is C18H17NOS. The van der Waals surface area contributed by atoms with Crippen LogP contribution in [0.2, 0.25) is 0 Å². The van der Waals surface area contributed by atoms with Crippen LogP contribution in [0.5, 0.6) is 0 Å². The van der Waals surface area contributed by atoms with Gasteiger partial charge < -0.3 is 5.32 Å². The van der Waals surface area contributed by atoms with E-state index in [4.69, 9.17) is 0 Å². The van der Waals surface area contributed by atoms with Crippen molar-refractivity contribution in [2.24, 2.45) is 0 Å². The van der Waals surface area contributed by atoms with Gasteiger partial charge in [0.2, 0.25) is 0 Å². The summed E-state index contributed by atoms with van der Waals surface area (Å²) in [7, 11) is 0. The first-order chi connectivity index (χ1) is 10.2. The quantitative estimate of drug-likeness (QED) is 0.745. The van der Waals surface area contributed by atoms with Crippen molar-refractivity contribution in [3.05, 3.63) is 69.9 Å². The molecule has 0 bridgehead atoms. The number of hydrogen-bond donors (Lipinski definition) is 1. The van der Waals surface area contributed by atoms with Gasteiger partial charge in [-0.25, -0.2) is 0 Å². The van der Waals surface area contributed by atoms with Crippen LogP contribution in [-0.2, 0) is 0 Å². The van der Waals surface area contributed by atoms with Crippen molar-refractivity contribution >= 4 is 28.0 Å². The van der Waals surface area contributed by atoms with E-state index in [1.807, 2.05) is 43.5 Å². The highest BCUT2D eigenvalue weighted by Gasteiger charge is 2.15. The van der Waals surface area contributed by atoms with Gasteiger partial charge in [0.1, 0.15) is 0 Å². The Balaban J connectivity index is 1.89. The fraction of sp³-hybridized carbons (Fsp3) is 0.167. The highest BCUT2D eigenvalue weighted by atomic mass is 32.1. The van der Waals surface area contributed by atoms with Crippen LogP contribution in [0.4, 0.5) is 0 Å². The first kappa shape index (κ1) is 13.8. The van der Waals surface area contributed by atoms with E-state index in [9.17, 15) is 4.79 Å². The molecule has 2 nitrogen and oxygen atoms in total. The van der Waals surface area contributed by atoms with Gasteiger partial charge >= 0.3 is 0 Å². The number of amides is 1. The van der Waals surface area contributed by atoms with Crippen molar-refractivity contribution in [1.82, 2.24) is 5.32 Å². The first-order valence-corrected chi connectivity index (χ1v) is 7.87. The maximum absolute atomic E-state index is 12.3. The summed E-state index contributed by atoms with van der Waals surface area (Å²) >= 11 is 1.49. The van der Waals surface area contributed by atoms with Crippen LogP contribution in [0, 0.1) is 6.92 Å². The van der Waals surface area contributed by atoms with Crippen LogP contribution in [-0.4, -0.2) is 5.91 Å². The standard InChI is InChI=1S/C18H17NOS/c1-12-10-11-21-17(12)18(20)19-13(2)15-9-5-7-14-6-3-4-8-16(14)15/h3-11,13H,1-2H3,(H,19,20)/t13-/m1/s1. The van der Waals surface area contributed by atoms with Gasteiger partial charge in [0.25, 0.3) is 5.91 Å². The second kappa shape index (κ2) is 5.70. The number of carbonyl (C=O) groups excluding carboxylic acids is 1. The number of aryl methyl sites for hydroxylation is 1. The Morgan fingerprint density at radius 2 is 1.86 bits per heavy atom. The highest BCUT2D eigenvalue weighted by molar-refractivity contribution is 7.12. The Labute approximate surface area is 128 Å². The summed E-state index contributed by atoms with van der Waals surface area (Å²) < 4.78 is 0. The van der Waals surface area contributed by atoms with Crippen LogP contribution in [0.3, 0.4) is 0 Å². The predicted octanol–water partition coefficient (Wildman–Crippen LogP) is 4.70. The molecule has 1 atom stereocenters. The molecule has 21 heavy (non-hydrogen) atoms. The summed E-state index contributed by atoms with van der Waals surface area (Å²) in [5, 5.41) is 7.44. The molecule has 0 saturated carbocycles. The van der Waals surface area contributed by atoms with E-state index >= 15 is 0 Å². The molecule has 3 rings (SSSR count). The number of carbonyl (C=O) groups is 1. The van der Waals surface area contributed by atoms with Crippen molar-refractivity contribution < 1.29 is 4.79 Å². The number of benzene rings is 2. The summed E-state index contributed by atoms with van der Waals surface area (Å²) in [6.07, 6.45) is 0. The van der Waals surface area contributed by atoms with Crippen molar-refractivity contribution in [1.29, 1.82) is 0 Å². The van der Waals surface area contributed by atoms with Gasteiger partial charge in [0.05, 0.1) is 10.9 Å². The maximum atomic E-state index is 12.3. The van der Waals surface area contributed by atoms with Crippen molar-refractivity contribution in [2.45, 2.75) is 19.9 Å². The van der Waals surface area contributed by atoms with E-state index in [0.29, 0.717) is 0 Å². The molecule has 0 aliphatic rings. The van der Waals surface area contributed by atoms with Crippen molar-refractivity contribution in [3.63, 3.8) is 0 Å². The molecule has 2 aromatic carbocycles. The minimum Gasteiger partial charge on any atom is -0.345 e. The van der Waals surface area contributed by atoms with Crippen LogP contribution in [0.1, 0.15) is 33.8 Å². The van der Waals surface area contributed by atoms with Gasteiger partial charge in [-0.15, -0.1) is 11.3 Å². The Morgan fingerprint density at radius 1 is 1.10 bits per heavy atom. The third-order valence-electron chi connectivity index (χ3n) is 3.71. The molecule has 1 N–H and O–H groups in total. The van der Waals surface area contributed by atoms with Crippen LogP contribution < -0.4 is 5.32 Å². The normalized spacial score (nSPS) is 12.3. The molecule has 0 spiro atoms. The van der Waals surface area contributed by atoms with E-state index in [0.717, 1.165) is 16.0 Å². The van der Waals surface area contributed by atoms with Gasteiger partial charge in [-0.1, -0.05) is 42.5 Å². The average Bonchev–Trinajstić information content (AvgIpc) is 2.92. The molecule has 0 radical (unpaired) electrons. The molecule has 0 saturated heterocycles. The second-order valence-corrected chi connectivity index (χ2v) is 6.11. The van der Waals surface area contributed by atoms with Gasteiger partial charge in [-0.05, 0) is 47.2 Å². The molecule has 0 fully saturated rings. The zero-order valence-electron chi connectivity index (χ0n) is 12.1. The lowest BCUT2D eigenvalue weighted by atomic mass is 9.99. The average molecular weight is 295 g/mol. The molecule has 1 amide bonds. The van der Waals surface area contributed by atoms with E-state index < -0.39 is 0 Å². The number of rotatable bonds is 3. The molecule has 106 valence electrons. The molecule has 0 unspecified atom stereocenters. The zero-order valence-corrected chi connectivity index (χ0v) is 12.9. The maximum Gasteiger partial charge on any atom is 0.262 e. The third-order valence-corrected chi connectivity index (χ3v) is 4.72. The summed E-state index contributed by atoms with van der Waals surface area (Å²) in [4.78, 5) is 13.1. The summed E-state index contributed by atoms with van der Waals surface area (Å²) in [5.74, 6) is 0.00272. The molecular weight excluding hydrogens is 278 g/mol. The molecule has 3 aromatic rings. The van der Waals surface area contributed by atoms with E-state index in [1.54, 1.807) is 0 Å². The molecule has 0 aliphatic heterocycles. The fourth-order valence-electron chi connectivity index (χ4n) is 2.57. The van der Waals surface area contributed by atoms with Crippen LogP contribution in [0.25, 0.3) is 10.8 Å². The lowest BCUT2D eigenvalue weighted by molar-refractivity contribution is 0.0943. The lowest BCUT2D eigenvalue weighted by Crippen LogP contribution is -2.26. The Hall–Kier alpha value is -2.13. The van der Waals surface area contributed by atoms with Crippen LogP contribution >= 0.6 is 11.3 Å². The summed E-state index contributed by atoms with van der Waals surface area (Å²) in [6.45, 7) is 4.00. The largest absolute Gasteiger partial charge is 0.345 e. The monoisotopic (exact) mass is 295 g/mol. The Bertz CT molecular complexity index is 785. The molecule has 0 aliphatic carbocycles. The van der Waals surface area contributed by atoms with E-state index in [1.165, 1.54) is 22.1 Å². The topological polar surface area (TPSA) is 29.1 Å². The van der Waals surface area contributed by atoms with Crippen molar-refractivity contribution in [3.8, 4) is 0 Å². The predicted molar refractivity (Wildman–Crippen MR) is 88.9 cm³/mol. The van der Waals surface area contributed by atoms with Gasteiger partial charge in [-0.3, -0.25) is 4.79 Å². The summed E-state index contributed by atoms with van der Waals surface area (Å²) in [5.41, 5.74) is 2.18. The van der Waals surface area contributed by atoms with Gasteiger partial charge in [0, 0.05) is 0 Å². The zero-order chi connectivity index (χ0) is 14.8. The lowest BCUT2D eigenvalue weighted by Gasteiger charge is -2.16. The van der Waals surface area contributed by atoms with Crippen molar-refractivity contribution in [2.75, 3.05) is 0 Å². The molecule has 3 heteroatoms. The first-order valence-electron chi connectivity index (χ1n) is 6.99. The number of fused-ring (bicyclic) bond motifs is 1. The smallest absolute Gasteiger partial charge is 0.262 e. The third kappa shape index (κ3) is 2.69. The van der Waals surface area contributed by atoms with Crippen LogP contribution in [0.15, 0.2) is 53.9 Å². The summed E-state index contributed by atoms with van der Waals surface area (Å²) in [6, 6.07) is 16.4. The minimum atomic E-state index is -0.0231. The Kier molecular flexibility index (Phi) is 3.76. The number of nitrogens with one attached hydrogen (secondary N) is 1. The minimum absolute atomic E-state index is 0.00272. The number of thiophene rings is 1. The fourth-order valence-corrected chi connectivity index (χ4v) is 3.40. The highest BCUT2D eigenvalue weighted by Crippen LogP contribution is 2.25. The van der Waals surface area contributed by atoms with Gasteiger partial charge in [-0.2, -0.15) is 0 Å². The van der Waals surface area contributed by atoms with E-state index in [-0.39, 0.29) is 11.9 Å². The van der Waals surface area contributed by atoms with Gasteiger partial charge in [0.15, 0.2) is 0 Å². The Morgan fingerprint density at radius 3 is 2.62 bits per heavy atom. The SMILES string of the molecule is Cc1ccsc1C(=O)N[C@H](C)c1cccc2ccccc12. The van der Waals surface area contributed by atoms with E-state index in [2.05, 4.69) is 29.6 Å². The second-order valence-electron chi connectivity index (χ2n) is 5.20. The number of hydrogen-bond acceptors (Lipinski definition) is 2.